The van der Waals surface area contributed by atoms with Gasteiger partial charge >= 0.3 is 0 Å². The summed E-state index contributed by atoms with van der Waals surface area (Å²) in [7, 11) is -1.07. The molecule has 0 aromatic carbocycles. The maximum Gasteiger partial charge on any atom is 0.156 e. The highest BCUT2D eigenvalue weighted by atomic mass is 32.2. The van der Waals surface area contributed by atoms with Gasteiger partial charge in [0.2, 0.25) is 0 Å². The second-order valence-corrected chi connectivity index (χ2v) is 8.38. The molecule has 0 aromatic heterocycles. The predicted molar refractivity (Wildman–Crippen MR) is 72.0 cm³/mol. The summed E-state index contributed by atoms with van der Waals surface area (Å²) in [5.74, 6) is 0.215. The maximum absolute atomic E-state index is 11.9. The smallest absolute Gasteiger partial charge is 0.156 e. The van der Waals surface area contributed by atoms with Crippen LogP contribution in [-0.2, 0) is 9.84 Å². The highest BCUT2D eigenvalue weighted by molar-refractivity contribution is 7.92. The summed E-state index contributed by atoms with van der Waals surface area (Å²) in [5.41, 5.74) is 0. The lowest BCUT2D eigenvalue weighted by Gasteiger charge is -2.22. The van der Waals surface area contributed by atoms with Crippen LogP contribution in [0.4, 0.5) is 0 Å². The first kappa shape index (κ1) is 16.9. The molecule has 104 valence electrons. The number of sulfone groups is 1. The highest BCUT2D eigenvalue weighted by Crippen LogP contribution is 2.15. The third kappa shape index (κ3) is 7.01. The molecule has 0 bridgehead atoms. The topological polar surface area (TPSA) is 57.6 Å². The van der Waals surface area contributed by atoms with Gasteiger partial charge in [0, 0.05) is 13.2 Å². The van der Waals surface area contributed by atoms with Crippen molar-refractivity contribution in [3.63, 3.8) is 0 Å². The minimum atomic E-state index is -3.01. The Bertz CT molecular complexity index is 293. The van der Waals surface area contributed by atoms with Crippen molar-refractivity contribution in [1.29, 1.82) is 0 Å². The summed E-state index contributed by atoms with van der Waals surface area (Å²) in [5, 5.41) is 8.64. The van der Waals surface area contributed by atoms with Crippen LogP contribution in [0.1, 0.15) is 40.0 Å². The molecule has 0 fully saturated rings. The summed E-state index contributed by atoms with van der Waals surface area (Å²) in [6.07, 6.45) is 2.83. The van der Waals surface area contributed by atoms with Crippen molar-refractivity contribution in [1.82, 2.24) is 4.90 Å². The second-order valence-electron chi connectivity index (χ2n) is 5.52. The van der Waals surface area contributed by atoms with Crippen LogP contribution >= 0.6 is 0 Å². The van der Waals surface area contributed by atoms with Crippen LogP contribution in [0.3, 0.4) is 0 Å². The molecule has 0 amide bonds. The lowest BCUT2D eigenvalue weighted by Crippen LogP contribution is -2.35. The SMILES string of the molecule is CN(CCCCCO)CCS(=O)(=O)C(C)(C)C. The van der Waals surface area contributed by atoms with Gasteiger partial charge in [-0.2, -0.15) is 0 Å². The van der Waals surface area contributed by atoms with Crippen LogP contribution in [0.15, 0.2) is 0 Å². The molecule has 0 saturated carbocycles. The van der Waals surface area contributed by atoms with Crippen molar-refractivity contribution in [3.05, 3.63) is 0 Å². The zero-order valence-electron chi connectivity index (χ0n) is 11.6. The lowest BCUT2D eigenvalue weighted by molar-refractivity contribution is 0.275. The number of nitrogens with zero attached hydrogens (tertiary/aromatic N) is 1. The van der Waals surface area contributed by atoms with E-state index in [1.54, 1.807) is 20.8 Å². The van der Waals surface area contributed by atoms with Gasteiger partial charge in [-0.25, -0.2) is 8.42 Å². The Labute approximate surface area is 106 Å². The van der Waals surface area contributed by atoms with E-state index in [-0.39, 0.29) is 12.4 Å². The normalized spacial score (nSPS) is 13.3. The summed E-state index contributed by atoms with van der Waals surface area (Å²) >= 11 is 0. The van der Waals surface area contributed by atoms with Crippen molar-refractivity contribution in [2.75, 3.05) is 32.5 Å². The molecule has 0 rings (SSSR count). The first-order valence-electron chi connectivity index (χ1n) is 6.22. The van der Waals surface area contributed by atoms with E-state index in [4.69, 9.17) is 5.11 Å². The molecule has 0 saturated heterocycles. The van der Waals surface area contributed by atoms with Crippen LogP contribution < -0.4 is 0 Å². The van der Waals surface area contributed by atoms with Gasteiger partial charge in [0.15, 0.2) is 9.84 Å². The van der Waals surface area contributed by atoms with E-state index in [2.05, 4.69) is 0 Å². The molecular formula is C12H27NO3S. The monoisotopic (exact) mass is 265 g/mol. The van der Waals surface area contributed by atoms with E-state index in [1.807, 2.05) is 11.9 Å². The quantitative estimate of drug-likeness (QED) is 0.672. The lowest BCUT2D eigenvalue weighted by atomic mass is 10.2. The fraction of sp³-hybridized carbons (Fsp3) is 1.00. The molecule has 5 heteroatoms. The van der Waals surface area contributed by atoms with Crippen LogP contribution in [0.2, 0.25) is 0 Å². The average Bonchev–Trinajstić information content (AvgIpc) is 2.20. The van der Waals surface area contributed by atoms with Crippen LogP contribution in [-0.4, -0.2) is 55.7 Å². The number of rotatable bonds is 8. The average molecular weight is 265 g/mol. The largest absolute Gasteiger partial charge is 0.396 e. The van der Waals surface area contributed by atoms with Crippen LogP contribution in [0, 0.1) is 0 Å². The Kier molecular flexibility index (Phi) is 7.28. The van der Waals surface area contributed by atoms with E-state index in [9.17, 15) is 8.42 Å². The van der Waals surface area contributed by atoms with Gasteiger partial charge in [-0.1, -0.05) is 0 Å². The fourth-order valence-electron chi connectivity index (χ4n) is 1.36. The molecule has 0 unspecified atom stereocenters. The van der Waals surface area contributed by atoms with Gasteiger partial charge in [-0.15, -0.1) is 0 Å². The molecule has 0 aromatic rings. The standard InChI is InChI=1S/C12H27NO3S/c1-12(2,3)17(15,16)11-9-13(4)8-6-5-7-10-14/h14H,5-11H2,1-4H3. The first-order valence-corrected chi connectivity index (χ1v) is 7.87. The summed E-state index contributed by atoms with van der Waals surface area (Å²) < 4.78 is 23.1. The molecule has 0 radical (unpaired) electrons. The zero-order valence-corrected chi connectivity index (χ0v) is 12.4. The van der Waals surface area contributed by atoms with Gasteiger partial charge in [0.05, 0.1) is 10.5 Å². The molecule has 0 spiro atoms. The van der Waals surface area contributed by atoms with Crippen LogP contribution in [0.5, 0.6) is 0 Å². The van der Waals surface area contributed by atoms with Crippen molar-refractivity contribution in [2.24, 2.45) is 0 Å². The van der Waals surface area contributed by atoms with Crippen molar-refractivity contribution in [2.45, 2.75) is 44.8 Å². The number of hydrogen-bond donors (Lipinski definition) is 1. The van der Waals surface area contributed by atoms with Gasteiger partial charge in [0.25, 0.3) is 0 Å². The van der Waals surface area contributed by atoms with Gasteiger partial charge < -0.3 is 10.0 Å². The summed E-state index contributed by atoms with van der Waals surface area (Å²) in [6.45, 7) is 6.93. The predicted octanol–water partition coefficient (Wildman–Crippen LogP) is 1.29. The van der Waals surface area contributed by atoms with Gasteiger partial charge in [-0.3, -0.25) is 0 Å². The fourth-order valence-corrected chi connectivity index (χ4v) is 2.53. The Balaban J connectivity index is 3.88. The van der Waals surface area contributed by atoms with E-state index >= 15 is 0 Å². The minimum Gasteiger partial charge on any atom is -0.396 e. The van der Waals surface area contributed by atoms with E-state index in [1.165, 1.54) is 0 Å². The minimum absolute atomic E-state index is 0.215. The molecule has 17 heavy (non-hydrogen) atoms. The van der Waals surface area contributed by atoms with Gasteiger partial charge in [0.1, 0.15) is 0 Å². The molecular weight excluding hydrogens is 238 g/mol. The van der Waals surface area contributed by atoms with Crippen LogP contribution in [0.25, 0.3) is 0 Å². The van der Waals surface area contributed by atoms with Gasteiger partial charge in [-0.05, 0) is 53.6 Å². The first-order chi connectivity index (χ1) is 7.70. The van der Waals surface area contributed by atoms with E-state index in [0.29, 0.717) is 6.54 Å². The number of aliphatic hydroxyl groups is 1. The molecule has 0 heterocycles. The maximum atomic E-state index is 11.9. The Morgan fingerprint density at radius 1 is 1.06 bits per heavy atom. The highest BCUT2D eigenvalue weighted by Gasteiger charge is 2.28. The third-order valence-corrected chi connectivity index (χ3v) is 5.46. The van der Waals surface area contributed by atoms with E-state index in [0.717, 1.165) is 25.8 Å². The Hall–Kier alpha value is -0.130. The second kappa shape index (κ2) is 7.34. The molecule has 0 aliphatic rings. The third-order valence-electron chi connectivity index (χ3n) is 2.87. The number of hydrogen-bond acceptors (Lipinski definition) is 4. The Morgan fingerprint density at radius 2 is 1.65 bits per heavy atom. The summed E-state index contributed by atoms with van der Waals surface area (Å²) in [6, 6.07) is 0. The van der Waals surface area contributed by atoms with Crippen molar-refractivity contribution < 1.29 is 13.5 Å². The molecule has 0 aliphatic carbocycles. The molecule has 0 atom stereocenters. The Morgan fingerprint density at radius 3 is 2.12 bits per heavy atom. The number of aliphatic hydroxyl groups excluding tert-OH is 1. The molecule has 1 N–H and O–H groups in total. The van der Waals surface area contributed by atoms with E-state index < -0.39 is 14.6 Å². The molecule has 4 nitrogen and oxygen atoms in total. The summed E-state index contributed by atoms with van der Waals surface area (Å²) in [4.78, 5) is 2.04. The molecule has 0 aliphatic heterocycles. The van der Waals surface area contributed by atoms with Crippen molar-refractivity contribution in [3.8, 4) is 0 Å². The van der Waals surface area contributed by atoms with Crippen molar-refractivity contribution >= 4 is 9.84 Å². The number of unbranched alkanes of at least 4 members (excludes halogenated alkanes) is 2. The zero-order chi connectivity index (χ0) is 13.5.